The van der Waals surface area contributed by atoms with Crippen molar-refractivity contribution in [3.8, 4) is 0 Å². The fraction of sp³-hybridized carbons (Fsp3) is 0.370. The number of carbonyl (C=O) groups excluding carboxylic acids is 2. The van der Waals surface area contributed by atoms with Crippen molar-refractivity contribution in [3.05, 3.63) is 87.4 Å². The van der Waals surface area contributed by atoms with E-state index in [0.29, 0.717) is 37.1 Å². The summed E-state index contributed by atoms with van der Waals surface area (Å²) < 4.78 is 0. The Hall–Kier alpha value is -3.11. The molecule has 2 heterocycles. The molecule has 0 spiro atoms. The molecule has 1 fully saturated rings. The Morgan fingerprint density at radius 3 is 2.61 bits per heavy atom. The van der Waals surface area contributed by atoms with E-state index in [2.05, 4.69) is 15.6 Å². The fourth-order valence-electron chi connectivity index (χ4n) is 4.43. The van der Waals surface area contributed by atoms with E-state index >= 15 is 0 Å². The van der Waals surface area contributed by atoms with E-state index in [1.54, 1.807) is 36.2 Å². The van der Waals surface area contributed by atoms with E-state index in [4.69, 9.17) is 0 Å². The van der Waals surface area contributed by atoms with Crippen molar-refractivity contribution in [1.29, 1.82) is 0 Å². The zero-order valence-electron chi connectivity index (χ0n) is 20.4. The molecule has 190 valence electrons. The Labute approximate surface area is 215 Å². The maximum atomic E-state index is 13.2. The molecule has 2 aromatic carbocycles. The van der Waals surface area contributed by atoms with Crippen LogP contribution < -0.4 is 10.6 Å². The van der Waals surface area contributed by atoms with Crippen LogP contribution in [0.3, 0.4) is 0 Å². The lowest BCUT2D eigenvalue weighted by molar-refractivity contribution is 0.0714. The minimum atomic E-state index is -0.899. The summed E-state index contributed by atoms with van der Waals surface area (Å²) in [7, 11) is 1.71. The predicted molar refractivity (Wildman–Crippen MR) is 139 cm³/mol. The van der Waals surface area contributed by atoms with Gasteiger partial charge in [-0.25, -0.2) is 4.98 Å². The van der Waals surface area contributed by atoms with Crippen LogP contribution >= 0.6 is 11.3 Å². The molecule has 8 nitrogen and oxygen atoms in total. The van der Waals surface area contributed by atoms with E-state index in [9.17, 15) is 19.8 Å². The molecule has 0 bridgehead atoms. The molecule has 1 aliphatic rings. The lowest BCUT2D eigenvalue weighted by atomic mass is 9.94. The largest absolute Gasteiger partial charge is 0.392 e. The van der Waals surface area contributed by atoms with Crippen LogP contribution in [0.4, 0.5) is 0 Å². The van der Waals surface area contributed by atoms with Crippen molar-refractivity contribution in [2.24, 2.45) is 0 Å². The van der Waals surface area contributed by atoms with Crippen molar-refractivity contribution in [2.75, 3.05) is 13.6 Å². The molecule has 9 heteroatoms. The average molecular weight is 509 g/mol. The van der Waals surface area contributed by atoms with Gasteiger partial charge in [0.05, 0.1) is 24.8 Å². The second kappa shape index (κ2) is 11.7. The number of β-amino-alcohol motifs (C(OH)–C–C–N with tert-alkyl or cyclic N) is 1. The Balaban J connectivity index is 1.48. The van der Waals surface area contributed by atoms with Crippen molar-refractivity contribution in [1.82, 2.24) is 20.5 Å². The van der Waals surface area contributed by atoms with Gasteiger partial charge in [-0.3, -0.25) is 9.59 Å². The van der Waals surface area contributed by atoms with Crippen LogP contribution in [-0.4, -0.2) is 69.8 Å². The van der Waals surface area contributed by atoms with Gasteiger partial charge in [-0.2, -0.15) is 0 Å². The number of thiazole rings is 1. The van der Waals surface area contributed by atoms with E-state index < -0.39 is 18.2 Å². The van der Waals surface area contributed by atoms with Gasteiger partial charge in [0.1, 0.15) is 5.01 Å². The summed E-state index contributed by atoms with van der Waals surface area (Å²) >= 11 is 1.51. The first-order valence-electron chi connectivity index (χ1n) is 12.0. The molecule has 2 amide bonds. The van der Waals surface area contributed by atoms with E-state index in [1.165, 1.54) is 11.3 Å². The molecule has 0 saturated carbocycles. The van der Waals surface area contributed by atoms with Crippen molar-refractivity contribution in [2.45, 2.75) is 50.6 Å². The first kappa shape index (κ1) is 26.0. The summed E-state index contributed by atoms with van der Waals surface area (Å²) in [6.45, 7) is 2.71. The molecular formula is C27H32N4O4S. The smallest absolute Gasteiger partial charge is 0.253 e. The number of aromatic nitrogens is 1. The number of hydrogen-bond donors (Lipinski definition) is 4. The van der Waals surface area contributed by atoms with Crippen LogP contribution in [0.15, 0.2) is 60.0 Å². The zero-order valence-corrected chi connectivity index (χ0v) is 21.2. The lowest BCUT2D eigenvalue weighted by Crippen LogP contribution is -2.52. The molecule has 4 N–H and O–H groups in total. The van der Waals surface area contributed by atoms with Gasteiger partial charge < -0.3 is 25.7 Å². The van der Waals surface area contributed by atoms with Gasteiger partial charge in [0.2, 0.25) is 0 Å². The summed E-state index contributed by atoms with van der Waals surface area (Å²) in [6, 6.07) is 15.3. The summed E-state index contributed by atoms with van der Waals surface area (Å²) in [4.78, 5) is 32.2. The van der Waals surface area contributed by atoms with E-state index in [0.717, 1.165) is 16.3 Å². The number of amides is 2. The molecule has 0 radical (unpaired) electrons. The average Bonchev–Trinajstić information content (AvgIpc) is 3.50. The number of aliphatic hydroxyl groups is 2. The summed E-state index contributed by atoms with van der Waals surface area (Å²) in [5.41, 5.74) is 2.63. The summed E-state index contributed by atoms with van der Waals surface area (Å²) in [5.74, 6) is -0.580. The topological polar surface area (TPSA) is 115 Å². The monoisotopic (exact) mass is 508 g/mol. The summed E-state index contributed by atoms with van der Waals surface area (Å²) in [6.07, 6.45) is -0.580. The molecule has 1 saturated heterocycles. The van der Waals surface area contributed by atoms with Gasteiger partial charge in [0.15, 0.2) is 0 Å². The van der Waals surface area contributed by atoms with Crippen LogP contribution in [0.2, 0.25) is 0 Å². The number of rotatable bonds is 9. The highest BCUT2D eigenvalue weighted by atomic mass is 32.1. The minimum absolute atomic E-state index is 0.206. The number of hydrogen-bond acceptors (Lipinski definition) is 7. The maximum absolute atomic E-state index is 13.2. The van der Waals surface area contributed by atoms with Gasteiger partial charge in [0, 0.05) is 41.8 Å². The SMILES string of the molecule is Cc1csc(CN(C)C(=O)c2cccc(C(=O)N[C@@H](Cc3ccccc3)[C@H](O)[C@H]3C[C@@H](O)CN3)c2)n1. The molecule has 1 aliphatic heterocycles. The van der Waals surface area contributed by atoms with Gasteiger partial charge in [-0.15, -0.1) is 11.3 Å². The highest BCUT2D eigenvalue weighted by molar-refractivity contribution is 7.09. The number of aryl methyl sites for hydroxylation is 1. The highest BCUT2D eigenvalue weighted by Crippen LogP contribution is 2.18. The first-order valence-corrected chi connectivity index (χ1v) is 12.9. The molecule has 0 aliphatic carbocycles. The molecule has 1 aromatic heterocycles. The van der Waals surface area contributed by atoms with Crippen LogP contribution in [0.5, 0.6) is 0 Å². The minimum Gasteiger partial charge on any atom is -0.392 e. The third-order valence-corrected chi connectivity index (χ3v) is 7.29. The highest BCUT2D eigenvalue weighted by Gasteiger charge is 2.34. The summed E-state index contributed by atoms with van der Waals surface area (Å²) in [5, 5.41) is 29.9. The first-order chi connectivity index (χ1) is 17.3. The molecule has 4 atom stereocenters. The molecule has 4 rings (SSSR count). The predicted octanol–water partition coefficient (Wildman–Crippen LogP) is 2.15. The maximum Gasteiger partial charge on any atom is 0.253 e. The molecule has 36 heavy (non-hydrogen) atoms. The van der Waals surface area contributed by atoms with Crippen molar-refractivity contribution < 1.29 is 19.8 Å². The second-order valence-electron chi connectivity index (χ2n) is 9.29. The van der Waals surface area contributed by atoms with Gasteiger partial charge in [-0.1, -0.05) is 36.4 Å². The van der Waals surface area contributed by atoms with Crippen LogP contribution in [-0.2, 0) is 13.0 Å². The number of nitrogens with one attached hydrogen (secondary N) is 2. The van der Waals surface area contributed by atoms with E-state index in [1.807, 2.05) is 42.6 Å². The molecular weight excluding hydrogens is 476 g/mol. The number of benzene rings is 2. The standard InChI is InChI=1S/C27H32N4O4S/c1-17-16-36-24(29-17)15-31(2)27(35)20-10-6-9-19(12-20)26(34)30-23(11-18-7-4-3-5-8-18)25(33)22-13-21(32)14-28-22/h3-10,12,16,21-23,25,28,32-33H,11,13-15H2,1-2H3,(H,30,34)/t21-,22-,23+,25-/m1/s1. The van der Waals surface area contributed by atoms with Gasteiger partial charge in [-0.05, 0) is 43.5 Å². The number of carbonyl (C=O) groups is 2. The van der Waals surface area contributed by atoms with E-state index in [-0.39, 0.29) is 17.9 Å². The van der Waals surface area contributed by atoms with Gasteiger partial charge in [0.25, 0.3) is 11.8 Å². The third kappa shape index (κ3) is 6.55. The van der Waals surface area contributed by atoms with Crippen molar-refractivity contribution in [3.63, 3.8) is 0 Å². The Kier molecular flexibility index (Phi) is 8.48. The van der Waals surface area contributed by atoms with Crippen LogP contribution in [0, 0.1) is 6.92 Å². The van der Waals surface area contributed by atoms with Crippen molar-refractivity contribution >= 4 is 23.2 Å². The van der Waals surface area contributed by atoms with Crippen LogP contribution in [0.1, 0.15) is 43.4 Å². The molecule has 3 aromatic rings. The normalized spacial score (nSPS) is 19.0. The number of nitrogens with zero attached hydrogens (tertiary/aromatic N) is 2. The lowest BCUT2D eigenvalue weighted by Gasteiger charge is -2.29. The Morgan fingerprint density at radius 1 is 1.19 bits per heavy atom. The quantitative estimate of drug-likeness (QED) is 0.352. The fourth-order valence-corrected chi connectivity index (χ4v) is 5.25. The Bertz CT molecular complexity index is 1190. The third-order valence-electron chi connectivity index (χ3n) is 6.34. The molecule has 0 unspecified atom stereocenters. The Morgan fingerprint density at radius 2 is 1.94 bits per heavy atom. The van der Waals surface area contributed by atoms with Gasteiger partial charge >= 0.3 is 0 Å². The zero-order chi connectivity index (χ0) is 25.7. The number of aliphatic hydroxyl groups excluding tert-OH is 2. The van der Waals surface area contributed by atoms with Crippen LogP contribution in [0.25, 0.3) is 0 Å². The second-order valence-corrected chi connectivity index (χ2v) is 10.2.